The minimum absolute atomic E-state index is 0.416. The van der Waals surface area contributed by atoms with Crippen molar-refractivity contribution in [1.29, 1.82) is 0 Å². The lowest BCUT2D eigenvalue weighted by Gasteiger charge is -2.01. The molecule has 0 radical (unpaired) electrons. The Bertz CT molecular complexity index is 1530. The normalized spacial score (nSPS) is 11.8. The first kappa shape index (κ1) is 16.4. The highest BCUT2D eigenvalue weighted by atomic mass is 16.4. The van der Waals surface area contributed by atoms with Gasteiger partial charge in [0.15, 0.2) is 0 Å². The van der Waals surface area contributed by atoms with Gasteiger partial charge in [0.25, 0.3) is 0 Å². The molecule has 6 aromatic rings. The highest BCUT2D eigenvalue weighted by Crippen LogP contribution is 2.39. The van der Waals surface area contributed by atoms with Gasteiger partial charge < -0.3 is 18.9 Å². The summed E-state index contributed by atoms with van der Waals surface area (Å²) in [5.41, 5.74) is 5.64. The van der Waals surface area contributed by atoms with E-state index in [1.54, 1.807) is 18.2 Å². The van der Waals surface area contributed by atoms with Crippen LogP contribution in [0.15, 0.2) is 87.7 Å². The van der Waals surface area contributed by atoms with Gasteiger partial charge in [-0.25, -0.2) is 0 Å². The molecule has 138 valence electrons. The summed E-state index contributed by atoms with van der Waals surface area (Å²) in [6, 6.07) is 25.6. The van der Waals surface area contributed by atoms with Gasteiger partial charge in [0.2, 0.25) is 0 Å². The molecule has 0 unspecified atom stereocenters. The first-order chi connectivity index (χ1) is 14.2. The summed E-state index contributed by atoms with van der Waals surface area (Å²) in [5, 5.41) is 22.8. The molecule has 6 rings (SSSR count). The third kappa shape index (κ3) is 2.42. The van der Waals surface area contributed by atoms with E-state index in [1.807, 2.05) is 36.4 Å². The number of furan rings is 2. The van der Waals surface area contributed by atoms with Crippen molar-refractivity contribution in [3.63, 3.8) is 0 Å². The first-order valence-corrected chi connectivity index (χ1v) is 9.42. The van der Waals surface area contributed by atoms with Crippen LogP contribution in [0.5, 0.6) is 0 Å². The molecule has 2 aromatic heterocycles. The van der Waals surface area contributed by atoms with Crippen molar-refractivity contribution in [2.75, 3.05) is 0 Å². The molecule has 2 N–H and O–H groups in total. The number of hydrogen-bond acceptors (Lipinski definition) is 4. The SMILES string of the molecule is OB(O)c1ccc2oc3ccc4c5cc(-c6ccccc6)ccc5oc4c3c2c1. The van der Waals surface area contributed by atoms with Crippen LogP contribution < -0.4 is 5.46 Å². The standard InChI is InChI=1S/C24H15BO4/c26-25(27)16-7-10-21-19(13-16)23-22(28-21)11-8-17-18-12-15(14-4-2-1-3-5-14)6-9-20(18)29-24(17)23/h1-13,26-27H. The predicted molar refractivity (Wildman–Crippen MR) is 116 cm³/mol. The van der Waals surface area contributed by atoms with Crippen LogP contribution in [0, 0.1) is 0 Å². The fourth-order valence-electron chi connectivity index (χ4n) is 4.08. The van der Waals surface area contributed by atoms with Gasteiger partial charge in [-0.15, -0.1) is 0 Å². The van der Waals surface area contributed by atoms with Gasteiger partial charge in [-0.3, -0.25) is 0 Å². The summed E-state index contributed by atoms with van der Waals surface area (Å²) in [4.78, 5) is 0. The van der Waals surface area contributed by atoms with Crippen molar-refractivity contribution < 1.29 is 18.9 Å². The van der Waals surface area contributed by atoms with Gasteiger partial charge in [-0.1, -0.05) is 48.5 Å². The monoisotopic (exact) mass is 378 g/mol. The lowest BCUT2D eigenvalue weighted by molar-refractivity contribution is 0.426. The van der Waals surface area contributed by atoms with Crippen molar-refractivity contribution in [3.05, 3.63) is 78.9 Å². The summed E-state index contributed by atoms with van der Waals surface area (Å²) >= 11 is 0. The van der Waals surface area contributed by atoms with Crippen molar-refractivity contribution in [2.45, 2.75) is 0 Å². The summed E-state index contributed by atoms with van der Waals surface area (Å²) < 4.78 is 12.2. The number of fused-ring (bicyclic) bond motifs is 7. The van der Waals surface area contributed by atoms with E-state index in [2.05, 4.69) is 24.3 Å². The van der Waals surface area contributed by atoms with Crippen molar-refractivity contribution in [3.8, 4) is 11.1 Å². The zero-order valence-electron chi connectivity index (χ0n) is 15.3. The Morgan fingerprint density at radius 3 is 2.17 bits per heavy atom. The Kier molecular flexibility index (Phi) is 3.39. The Labute approximate surface area is 165 Å². The molecule has 0 aliphatic rings. The van der Waals surface area contributed by atoms with Crippen LogP contribution in [0.3, 0.4) is 0 Å². The molecule has 0 saturated heterocycles. The Balaban J connectivity index is 1.69. The average molecular weight is 378 g/mol. The van der Waals surface area contributed by atoms with Crippen LogP contribution in [0.1, 0.15) is 0 Å². The fraction of sp³-hybridized carbons (Fsp3) is 0. The van der Waals surface area contributed by atoms with E-state index in [1.165, 1.54) is 0 Å². The molecule has 0 spiro atoms. The highest BCUT2D eigenvalue weighted by Gasteiger charge is 2.19. The van der Waals surface area contributed by atoms with Crippen LogP contribution >= 0.6 is 0 Å². The van der Waals surface area contributed by atoms with Crippen LogP contribution in [0.25, 0.3) is 55.0 Å². The van der Waals surface area contributed by atoms with Crippen LogP contribution in [-0.4, -0.2) is 17.2 Å². The van der Waals surface area contributed by atoms with Gasteiger partial charge in [0.1, 0.15) is 22.3 Å². The largest absolute Gasteiger partial charge is 0.488 e. The molecule has 29 heavy (non-hydrogen) atoms. The molecule has 5 heteroatoms. The maximum atomic E-state index is 9.56. The lowest BCUT2D eigenvalue weighted by atomic mass is 9.80. The molecule has 0 saturated carbocycles. The van der Waals surface area contributed by atoms with Gasteiger partial charge in [0.05, 0.1) is 5.39 Å². The maximum absolute atomic E-state index is 9.56. The second-order valence-corrected chi connectivity index (χ2v) is 7.23. The maximum Gasteiger partial charge on any atom is 0.488 e. The van der Waals surface area contributed by atoms with E-state index >= 15 is 0 Å². The zero-order valence-corrected chi connectivity index (χ0v) is 15.3. The Morgan fingerprint density at radius 1 is 0.586 bits per heavy atom. The highest BCUT2D eigenvalue weighted by molar-refractivity contribution is 6.59. The molecular weight excluding hydrogens is 363 g/mol. The molecule has 0 bridgehead atoms. The Morgan fingerprint density at radius 2 is 1.34 bits per heavy atom. The van der Waals surface area contributed by atoms with Gasteiger partial charge in [0, 0.05) is 16.2 Å². The molecule has 0 amide bonds. The van der Waals surface area contributed by atoms with E-state index < -0.39 is 7.12 Å². The van der Waals surface area contributed by atoms with Crippen LogP contribution in [0.2, 0.25) is 0 Å². The number of benzene rings is 4. The number of rotatable bonds is 2. The van der Waals surface area contributed by atoms with Gasteiger partial charge in [-0.05, 0) is 46.9 Å². The Hall–Kier alpha value is -3.54. The van der Waals surface area contributed by atoms with Gasteiger partial charge in [-0.2, -0.15) is 0 Å². The average Bonchev–Trinajstić information content (AvgIpc) is 3.31. The molecule has 0 aliphatic carbocycles. The smallest absolute Gasteiger partial charge is 0.456 e. The van der Waals surface area contributed by atoms with Gasteiger partial charge >= 0.3 is 7.12 Å². The molecule has 2 heterocycles. The second-order valence-electron chi connectivity index (χ2n) is 7.23. The second kappa shape index (κ2) is 5.98. The van der Waals surface area contributed by atoms with Crippen LogP contribution in [0.4, 0.5) is 0 Å². The quantitative estimate of drug-likeness (QED) is 0.424. The van der Waals surface area contributed by atoms with Crippen molar-refractivity contribution in [2.24, 2.45) is 0 Å². The van der Waals surface area contributed by atoms with Crippen molar-refractivity contribution >= 4 is 56.5 Å². The first-order valence-electron chi connectivity index (χ1n) is 9.42. The minimum Gasteiger partial charge on any atom is -0.456 e. The summed E-state index contributed by atoms with van der Waals surface area (Å²) in [5.74, 6) is 0. The zero-order chi connectivity index (χ0) is 19.5. The number of hydrogen-bond donors (Lipinski definition) is 2. The summed E-state index contributed by atoms with van der Waals surface area (Å²) in [7, 11) is -1.53. The third-order valence-electron chi connectivity index (χ3n) is 5.50. The molecule has 4 nitrogen and oxygen atoms in total. The fourth-order valence-corrected chi connectivity index (χ4v) is 4.08. The van der Waals surface area contributed by atoms with E-state index in [4.69, 9.17) is 8.83 Å². The minimum atomic E-state index is -1.53. The van der Waals surface area contributed by atoms with E-state index in [0.717, 1.165) is 43.8 Å². The molecule has 4 aromatic carbocycles. The van der Waals surface area contributed by atoms with Crippen LogP contribution in [-0.2, 0) is 0 Å². The van der Waals surface area contributed by atoms with E-state index in [9.17, 15) is 10.0 Å². The molecular formula is C24H15BO4. The third-order valence-corrected chi connectivity index (χ3v) is 5.50. The molecule has 0 aliphatic heterocycles. The molecule has 0 fully saturated rings. The van der Waals surface area contributed by atoms with Crippen molar-refractivity contribution in [1.82, 2.24) is 0 Å². The van der Waals surface area contributed by atoms with E-state index in [0.29, 0.717) is 16.6 Å². The predicted octanol–water partition coefficient (Wildman–Crippen LogP) is 4.83. The summed E-state index contributed by atoms with van der Waals surface area (Å²) in [6.07, 6.45) is 0. The summed E-state index contributed by atoms with van der Waals surface area (Å²) in [6.45, 7) is 0. The molecule has 0 atom stereocenters. The topological polar surface area (TPSA) is 66.7 Å². The lowest BCUT2D eigenvalue weighted by Crippen LogP contribution is -2.29. The van der Waals surface area contributed by atoms with E-state index in [-0.39, 0.29) is 0 Å².